The van der Waals surface area contributed by atoms with E-state index < -0.39 is 0 Å². The van der Waals surface area contributed by atoms with Crippen LogP contribution in [0, 0.1) is 0 Å². The van der Waals surface area contributed by atoms with Crippen LogP contribution in [0.4, 0.5) is 0 Å². The van der Waals surface area contributed by atoms with Gasteiger partial charge in [-0.25, -0.2) is 9.97 Å². The lowest BCUT2D eigenvalue weighted by molar-refractivity contribution is 0.705. The van der Waals surface area contributed by atoms with Crippen LogP contribution in [0.5, 0.6) is 0 Å². The van der Waals surface area contributed by atoms with Crippen molar-refractivity contribution in [2.24, 2.45) is 0 Å². The predicted molar refractivity (Wildman–Crippen MR) is 61.4 cm³/mol. The summed E-state index contributed by atoms with van der Waals surface area (Å²) in [7, 11) is 0. The standard InChI is InChI=1S/C11H16ClN3/c1-7(2)11-14-9-4-6-13-5-3-8(9)10(12)15-11/h7,13H,3-6H2,1-2H3. The molecule has 0 atom stereocenters. The van der Waals surface area contributed by atoms with Gasteiger partial charge in [0.1, 0.15) is 11.0 Å². The first-order valence-electron chi connectivity index (χ1n) is 5.44. The Morgan fingerprint density at radius 1 is 1.20 bits per heavy atom. The van der Waals surface area contributed by atoms with Gasteiger partial charge in [-0.05, 0) is 13.0 Å². The SMILES string of the molecule is CC(C)c1nc(Cl)c2c(n1)CCNCC2. The molecule has 0 saturated heterocycles. The molecule has 0 spiro atoms. The fourth-order valence-electron chi connectivity index (χ4n) is 1.78. The van der Waals surface area contributed by atoms with Gasteiger partial charge in [0.15, 0.2) is 0 Å². The summed E-state index contributed by atoms with van der Waals surface area (Å²) < 4.78 is 0. The molecular weight excluding hydrogens is 210 g/mol. The minimum atomic E-state index is 0.337. The molecule has 1 N–H and O–H groups in total. The summed E-state index contributed by atoms with van der Waals surface area (Å²) in [5.74, 6) is 1.20. The van der Waals surface area contributed by atoms with Crippen LogP contribution < -0.4 is 5.32 Å². The summed E-state index contributed by atoms with van der Waals surface area (Å²) in [6.45, 7) is 6.13. The Kier molecular flexibility index (Phi) is 3.22. The molecule has 1 aliphatic heterocycles. The normalized spacial score (nSPS) is 16.3. The minimum absolute atomic E-state index is 0.337. The van der Waals surface area contributed by atoms with Crippen molar-refractivity contribution < 1.29 is 0 Å². The lowest BCUT2D eigenvalue weighted by Crippen LogP contribution is -2.16. The number of nitrogens with one attached hydrogen (secondary N) is 1. The molecule has 1 aromatic rings. The Hall–Kier alpha value is -0.670. The summed E-state index contributed by atoms with van der Waals surface area (Å²) in [6.07, 6.45) is 1.89. The van der Waals surface area contributed by atoms with Gasteiger partial charge >= 0.3 is 0 Å². The fraction of sp³-hybridized carbons (Fsp3) is 0.636. The minimum Gasteiger partial charge on any atom is -0.316 e. The molecule has 0 bridgehead atoms. The quantitative estimate of drug-likeness (QED) is 0.743. The van der Waals surface area contributed by atoms with Crippen molar-refractivity contribution in [2.45, 2.75) is 32.6 Å². The van der Waals surface area contributed by atoms with E-state index in [4.69, 9.17) is 11.6 Å². The van der Waals surface area contributed by atoms with Gasteiger partial charge in [0.05, 0.1) is 5.69 Å². The van der Waals surface area contributed by atoms with Gasteiger partial charge in [0, 0.05) is 24.4 Å². The zero-order valence-corrected chi connectivity index (χ0v) is 9.93. The first kappa shape index (κ1) is 10.8. The highest BCUT2D eigenvalue weighted by Gasteiger charge is 2.16. The maximum Gasteiger partial charge on any atom is 0.136 e. The molecule has 15 heavy (non-hydrogen) atoms. The number of fused-ring (bicyclic) bond motifs is 1. The van der Waals surface area contributed by atoms with E-state index in [0.717, 1.165) is 43.0 Å². The predicted octanol–water partition coefficient (Wildman–Crippen LogP) is 1.94. The topological polar surface area (TPSA) is 37.8 Å². The van der Waals surface area contributed by atoms with Crippen molar-refractivity contribution in [3.8, 4) is 0 Å². The average molecular weight is 226 g/mol. The van der Waals surface area contributed by atoms with Gasteiger partial charge in [0.2, 0.25) is 0 Å². The van der Waals surface area contributed by atoms with Gasteiger partial charge in [0.25, 0.3) is 0 Å². The Balaban J connectivity index is 2.44. The molecule has 0 radical (unpaired) electrons. The van der Waals surface area contributed by atoms with Crippen LogP contribution in [0.3, 0.4) is 0 Å². The molecule has 82 valence electrons. The lowest BCUT2D eigenvalue weighted by Gasteiger charge is -2.10. The maximum absolute atomic E-state index is 6.19. The Labute approximate surface area is 95.3 Å². The summed E-state index contributed by atoms with van der Waals surface area (Å²) in [5.41, 5.74) is 2.26. The van der Waals surface area contributed by atoms with E-state index in [2.05, 4.69) is 29.1 Å². The summed E-state index contributed by atoms with van der Waals surface area (Å²) >= 11 is 6.19. The second-order valence-corrected chi connectivity index (χ2v) is 4.56. The zero-order valence-electron chi connectivity index (χ0n) is 9.18. The van der Waals surface area contributed by atoms with E-state index in [9.17, 15) is 0 Å². The first-order chi connectivity index (χ1) is 7.18. The van der Waals surface area contributed by atoms with Gasteiger partial charge < -0.3 is 5.32 Å². The third-order valence-corrected chi connectivity index (χ3v) is 2.98. The number of aromatic nitrogens is 2. The largest absolute Gasteiger partial charge is 0.316 e. The molecule has 2 heterocycles. The van der Waals surface area contributed by atoms with Crippen LogP contribution in [0.1, 0.15) is 36.8 Å². The van der Waals surface area contributed by atoms with Crippen molar-refractivity contribution in [3.63, 3.8) is 0 Å². The van der Waals surface area contributed by atoms with Gasteiger partial charge in [-0.3, -0.25) is 0 Å². The molecule has 3 nitrogen and oxygen atoms in total. The maximum atomic E-state index is 6.19. The molecule has 0 unspecified atom stereocenters. The van der Waals surface area contributed by atoms with Crippen molar-refractivity contribution in [2.75, 3.05) is 13.1 Å². The molecule has 0 aromatic carbocycles. The highest BCUT2D eigenvalue weighted by Crippen LogP contribution is 2.22. The Bertz CT molecular complexity index is 363. The van der Waals surface area contributed by atoms with Crippen molar-refractivity contribution >= 4 is 11.6 Å². The third-order valence-electron chi connectivity index (χ3n) is 2.67. The molecule has 0 saturated carbocycles. The molecular formula is C11H16ClN3. The highest BCUT2D eigenvalue weighted by atomic mass is 35.5. The van der Waals surface area contributed by atoms with Crippen LogP contribution >= 0.6 is 11.6 Å². The number of rotatable bonds is 1. The van der Waals surface area contributed by atoms with Crippen LogP contribution in [-0.2, 0) is 12.8 Å². The summed E-state index contributed by atoms with van der Waals surface area (Å²) in [4.78, 5) is 8.95. The van der Waals surface area contributed by atoms with Crippen LogP contribution in [0.15, 0.2) is 0 Å². The molecule has 2 rings (SSSR count). The lowest BCUT2D eigenvalue weighted by atomic mass is 10.1. The zero-order chi connectivity index (χ0) is 10.8. The van der Waals surface area contributed by atoms with Gasteiger partial charge in [-0.2, -0.15) is 0 Å². The summed E-state index contributed by atoms with van der Waals surface area (Å²) in [5, 5.41) is 3.99. The van der Waals surface area contributed by atoms with Crippen LogP contribution in [0.25, 0.3) is 0 Å². The first-order valence-corrected chi connectivity index (χ1v) is 5.82. The number of hydrogen-bond acceptors (Lipinski definition) is 3. The van der Waals surface area contributed by atoms with E-state index in [1.54, 1.807) is 0 Å². The monoisotopic (exact) mass is 225 g/mol. The number of halogens is 1. The van der Waals surface area contributed by atoms with Crippen molar-refractivity contribution in [1.29, 1.82) is 0 Å². The van der Waals surface area contributed by atoms with E-state index in [-0.39, 0.29) is 0 Å². The second kappa shape index (κ2) is 4.45. The molecule has 4 heteroatoms. The molecule has 1 aliphatic rings. The van der Waals surface area contributed by atoms with Gasteiger partial charge in [-0.15, -0.1) is 0 Å². The Morgan fingerprint density at radius 2 is 1.93 bits per heavy atom. The van der Waals surface area contributed by atoms with E-state index in [1.807, 2.05) is 0 Å². The molecule has 0 amide bonds. The summed E-state index contributed by atoms with van der Waals surface area (Å²) in [6, 6.07) is 0. The number of nitrogens with zero attached hydrogens (tertiary/aromatic N) is 2. The van der Waals surface area contributed by atoms with Crippen LogP contribution in [0.2, 0.25) is 5.15 Å². The van der Waals surface area contributed by atoms with Crippen LogP contribution in [-0.4, -0.2) is 23.1 Å². The van der Waals surface area contributed by atoms with E-state index in [0.29, 0.717) is 11.1 Å². The molecule has 0 fully saturated rings. The fourth-order valence-corrected chi connectivity index (χ4v) is 2.07. The van der Waals surface area contributed by atoms with E-state index >= 15 is 0 Å². The smallest absolute Gasteiger partial charge is 0.136 e. The average Bonchev–Trinajstić information content (AvgIpc) is 2.42. The number of hydrogen-bond donors (Lipinski definition) is 1. The van der Waals surface area contributed by atoms with E-state index in [1.165, 1.54) is 0 Å². The highest BCUT2D eigenvalue weighted by molar-refractivity contribution is 6.30. The van der Waals surface area contributed by atoms with Gasteiger partial charge in [-0.1, -0.05) is 25.4 Å². The van der Waals surface area contributed by atoms with Crippen molar-refractivity contribution in [3.05, 3.63) is 22.2 Å². The van der Waals surface area contributed by atoms with Crippen molar-refractivity contribution in [1.82, 2.24) is 15.3 Å². The Morgan fingerprint density at radius 3 is 2.67 bits per heavy atom. The molecule has 1 aromatic heterocycles. The third kappa shape index (κ3) is 2.29. The second-order valence-electron chi connectivity index (χ2n) is 4.20. The molecule has 0 aliphatic carbocycles.